The minimum Gasteiger partial charge on any atom is -0.379 e. The Morgan fingerprint density at radius 3 is 2.90 bits per heavy atom. The number of hydrogen-bond acceptors (Lipinski definition) is 4. The molecule has 5 heteroatoms. The van der Waals surface area contributed by atoms with Gasteiger partial charge in [-0.15, -0.1) is 6.58 Å². The predicted molar refractivity (Wildman–Crippen MR) is 84.1 cm³/mol. The Bertz CT molecular complexity index is 319. The van der Waals surface area contributed by atoms with Crippen molar-refractivity contribution in [1.29, 1.82) is 0 Å². The van der Waals surface area contributed by atoms with Gasteiger partial charge in [0.05, 0.1) is 19.3 Å². The summed E-state index contributed by atoms with van der Waals surface area (Å²) in [6.45, 7) is 9.26. The van der Waals surface area contributed by atoms with E-state index in [1.165, 1.54) is 5.75 Å². The fourth-order valence-corrected chi connectivity index (χ4v) is 3.82. The Balaban J connectivity index is 1.92. The summed E-state index contributed by atoms with van der Waals surface area (Å²) in [5.41, 5.74) is 0. The van der Waals surface area contributed by atoms with Gasteiger partial charge in [0.2, 0.25) is 5.91 Å². The smallest absolute Gasteiger partial charge is 0.223 e. The highest BCUT2D eigenvalue weighted by Gasteiger charge is 2.27. The van der Waals surface area contributed by atoms with Crippen LogP contribution in [0.15, 0.2) is 12.7 Å². The van der Waals surface area contributed by atoms with Gasteiger partial charge in [0.1, 0.15) is 0 Å². The standard InChI is InChI=1S/C15H26N2O2S/c1-2-3-5-15(18)17-6-4-11-20-13-14(17)12-16-7-9-19-10-8-16/h2,14H,1,3-13H2/t14-/m1/s1. The average Bonchev–Trinajstić information content (AvgIpc) is 2.71. The van der Waals surface area contributed by atoms with Crippen molar-refractivity contribution in [2.24, 2.45) is 0 Å². The summed E-state index contributed by atoms with van der Waals surface area (Å²) in [7, 11) is 0. The molecular formula is C15H26N2O2S. The molecule has 2 fully saturated rings. The van der Waals surface area contributed by atoms with E-state index in [2.05, 4.69) is 16.4 Å². The summed E-state index contributed by atoms with van der Waals surface area (Å²) in [5.74, 6) is 2.54. The first kappa shape index (κ1) is 15.9. The number of carbonyl (C=O) groups excluding carboxylic acids is 1. The molecule has 2 saturated heterocycles. The van der Waals surface area contributed by atoms with Crippen molar-refractivity contribution in [2.75, 3.05) is 50.9 Å². The third-order valence-corrected chi connectivity index (χ3v) is 5.09. The van der Waals surface area contributed by atoms with E-state index in [1.54, 1.807) is 0 Å². The zero-order valence-corrected chi connectivity index (χ0v) is 13.1. The van der Waals surface area contributed by atoms with Crippen LogP contribution in [0.3, 0.4) is 0 Å². The van der Waals surface area contributed by atoms with Crippen molar-refractivity contribution in [1.82, 2.24) is 9.80 Å². The molecular weight excluding hydrogens is 272 g/mol. The molecule has 0 aliphatic carbocycles. The molecule has 0 radical (unpaired) electrons. The lowest BCUT2D eigenvalue weighted by atomic mass is 10.2. The van der Waals surface area contributed by atoms with Crippen LogP contribution in [0, 0.1) is 0 Å². The first-order valence-corrected chi connectivity index (χ1v) is 8.75. The number of allylic oxidation sites excluding steroid dienone is 1. The first-order chi connectivity index (χ1) is 9.81. The summed E-state index contributed by atoms with van der Waals surface area (Å²) in [6, 6.07) is 0.359. The van der Waals surface area contributed by atoms with Gasteiger partial charge in [-0.25, -0.2) is 0 Å². The fourth-order valence-electron chi connectivity index (χ4n) is 2.76. The van der Waals surface area contributed by atoms with Gasteiger partial charge in [0.25, 0.3) is 0 Å². The van der Waals surface area contributed by atoms with Gasteiger partial charge in [-0.3, -0.25) is 9.69 Å². The maximum Gasteiger partial charge on any atom is 0.223 e. The lowest BCUT2D eigenvalue weighted by molar-refractivity contribution is -0.133. The van der Waals surface area contributed by atoms with Crippen molar-refractivity contribution in [2.45, 2.75) is 25.3 Å². The monoisotopic (exact) mass is 298 g/mol. The molecule has 2 rings (SSSR count). The number of thioether (sulfide) groups is 1. The Kier molecular flexibility index (Phi) is 6.90. The topological polar surface area (TPSA) is 32.8 Å². The molecule has 1 atom stereocenters. The van der Waals surface area contributed by atoms with E-state index >= 15 is 0 Å². The number of amides is 1. The van der Waals surface area contributed by atoms with Crippen LogP contribution in [0.5, 0.6) is 0 Å². The van der Waals surface area contributed by atoms with E-state index in [0.29, 0.717) is 18.4 Å². The number of nitrogens with zero attached hydrogens (tertiary/aromatic N) is 2. The van der Waals surface area contributed by atoms with Crippen LogP contribution in [0.4, 0.5) is 0 Å². The number of rotatable bonds is 5. The minimum absolute atomic E-state index is 0.297. The predicted octanol–water partition coefficient (Wildman–Crippen LogP) is 1.62. The van der Waals surface area contributed by atoms with Crippen LogP contribution in [0.2, 0.25) is 0 Å². The Morgan fingerprint density at radius 1 is 1.35 bits per heavy atom. The van der Waals surface area contributed by atoms with Crippen molar-refractivity contribution < 1.29 is 9.53 Å². The van der Waals surface area contributed by atoms with Crippen LogP contribution >= 0.6 is 11.8 Å². The van der Waals surface area contributed by atoms with Gasteiger partial charge in [-0.1, -0.05) is 6.08 Å². The second-order valence-electron chi connectivity index (χ2n) is 5.41. The largest absolute Gasteiger partial charge is 0.379 e. The summed E-state index contributed by atoms with van der Waals surface area (Å²) < 4.78 is 5.40. The number of hydrogen-bond donors (Lipinski definition) is 0. The lowest BCUT2D eigenvalue weighted by Gasteiger charge is -2.35. The molecule has 2 aliphatic rings. The molecule has 0 N–H and O–H groups in total. The summed E-state index contributed by atoms with van der Waals surface area (Å²) >= 11 is 1.99. The van der Waals surface area contributed by atoms with E-state index in [0.717, 1.165) is 58.0 Å². The molecule has 20 heavy (non-hydrogen) atoms. The molecule has 0 aromatic heterocycles. The first-order valence-electron chi connectivity index (χ1n) is 7.59. The van der Waals surface area contributed by atoms with Gasteiger partial charge in [0.15, 0.2) is 0 Å². The zero-order valence-electron chi connectivity index (χ0n) is 12.3. The van der Waals surface area contributed by atoms with Gasteiger partial charge >= 0.3 is 0 Å². The maximum absolute atomic E-state index is 12.4. The third kappa shape index (κ3) is 4.79. The average molecular weight is 298 g/mol. The highest BCUT2D eigenvalue weighted by Crippen LogP contribution is 2.19. The second-order valence-corrected chi connectivity index (χ2v) is 6.56. The van der Waals surface area contributed by atoms with Gasteiger partial charge < -0.3 is 9.64 Å². The molecule has 0 bridgehead atoms. The maximum atomic E-state index is 12.4. The summed E-state index contributed by atoms with van der Waals surface area (Å²) in [6.07, 6.45) is 4.34. The minimum atomic E-state index is 0.297. The Morgan fingerprint density at radius 2 is 2.15 bits per heavy atom. The van der Waals surface area contributed by atoms with Gasteiger partial charge in [-0.05, 0) is 18.6 Å². The molecule has 0 saturated carbocycles. The van der Waals surface area contributed by atoms with E-state index in [9.17, 15) is 4.79 Å². The molecule has 2 aliphatic heterocycles. The zero-order chi connectivity index (χ0) is 14.2. The summed E-state index contributed by atoms with van der Waals surface area (Å²) in [5, 5.41) is 0. The lowest BCUT2D eigenvalue weighted by Crippen LogP contribution is -2.50. The van der Waals surface area contributed by atoms with Gasteiger partial charge in [-0.2, -0.15) is 11.8 Å². The molecule has 4 nitrogen and oxygen atoms in total. The van der Waals surface area contributed by atoms with E-state index in [1.807, 2.05) is 17.8 Å². The number of ether oxygens (including phenoxy) is 1. The number of morpholine rings is 1. The van der Waals surface area contributed by atoms with Crippen LogP contribution in [-0.2, 0) is 9.53 Å². The van der Waals surface area contributed by atoms with E-state index in [4.69, 9.17) is 4.74 Å². The normalized spacial score (nSPS) is 25.2. The van der Waals surface area contributed by atoms with Crippen LogP contribution in [0.1, 0.15) is 19.3 Å². The van der Waals surface area contributed by atoms with Crippen LogP contribution in [0.25, 0.3) is 0 Å². The Labute approximate surface area is 126 Å². The SMILES string of the molecule is C=CCCC(=O)N1CCCSC[C@H]1CN1CCOCC1. The van der Waals surface area contributed by atoms with Crippen LogP contribution in [-0.4, -0.2) is 72.6 Å². The fraction of sp³-hybridized carbons (Fsp3) is 0.800. The highest BCUT2D eigenvalue weighted by molar-refractivity contribution is 7.99. The molecule has 0 unspecified atom stereocenters. The summed E-state index contributed by atoms with van der Waals surface area (Å²) in [4.78, 5) is 16.9. The molecule has 1 amide bonds. The highest BCUT2D eigenvalue weighted by atomic mass is 32.2. The third-order valence-electron chi connectivity index (χ3n) is 3.89. The van der Waals surface area contributed by atoms with Gasteiger partial charge in [0, 0.05) is 38.4 Å². The quantitative estimate of drug-likeness (QED) is 0.722. The number of carbonyl (C=O) groups is 1. The van der Waals surface area contributed by atoms with E-state index < -0.39 is 0 Å². The van der Waals surface area contributed by atoms with Crippen molar-refractivity contribution in [3.8, 4) is 0 Å². The molecule has 2 heterocycles. The molecule has 114 valence electrons. The molecule has 0 aromatic rings. The van der Waals surface area contributed by atoms with Crippen LogP contribution < -0.4 is 0 Å². The second kappa shape index (κ2) is 8.70. The van der Waals surface area contributed by atoms with Crippen molar-refractivity contribution in [3.05, 3.63) is 12.7 Å². The molecule has 0 spiro atoms. The molecule has 0 aromatic carbocycles. The van der Waals surface area contributed by atoms with Crippen molar-refractivity contribution in [3.63, 3.8) is 0 Å². The Hall–Kier alpha value is -0.520. The van der Waals surface area contributed by atoms with E-state index in [-0.39, 0.29) is 0 Å². The van der Waals surface area contributed by atoms with Crippen molar-refractivity contribution >= 4 is 17.7 Å².